The molecule has 1 amide bonds. The van der Waals surface area contributed by atoms with E-state index >= 15 is 0 Å². The Morgan fingerprint density at radius 2 is 0.634 bits per heavy atom. The van der Waals surface area contributed by atoms with Crippen LogP contribution in [-0.2, 0) is 14.3 Å². The molecule has 0 aromatic heterocycles. The van der Waals surface area contributed by atoms with Gasteiger partial charge in [-0.1, -0.05) is 378 Å². The first kappa shape index (κ1) is 80.1. The Labute approximate surface area is 513 Å². The average Bonchev–Trinajstić information content (AvgIpc) is 3.48. The van der Waals surface area contributed by atoms with E-state index in [1.54, 1.807) is 6.08 Å². The van der Waals surface area contributed by atoms with Gasteiger partial charge in [0.25, 0.3) is 0 Å². The van der Waals surface area contributed by atoms with Crippen molar-refractivity contribution in [1.29, 1.82) is 0 Å². The molecule has 0 rings (SSSR count). The van der Waals surface area contributed by atoms with Gasteiger partial charge in [0.05, 0.1) is 25.4 Å². The van der Waals surface area contributed by atoms with Crippen LogP contribution in [0.3, 0.4) is 0 Å². The van der Waals surface area contributed by atoms with Gasteiger partial charge in [-0.3, -0.25) is 9.59 Å². The zero-order valence-electron chi connectivity index (χ0n) is 55.5. The van der Waals surface area contributed by atoms with E-state index in [-0.39, 0.29) is 18.5 Å². The molecule has 0 bridgehead atoms. The van der Waals surface area contributed by atoms with E-state index in [4.69, 9.17) is 4.74 Å². The van der Waals surface area contributed by atoms with Crippen LogP contribution in [0, 0.1) is 0 Å². The Bertz CT molecular complexity index is 1330. The molecule has 0 saturated carbocycles. The largest absolute Gasteiger partial charge is 0.466 e. The molecule has 0 aromatic carbocycles. The summed E-state index contributed by atoms with van der Waals surface area (Å²) in [6.07, 6.45) is 92.7. The van der Waals surface area contributed by atoms with Crippen molar-refractivity contribution in [3.63, 3.8) is 0 Å². The Hall–Kier alpha value is -1.92. The maximum atomic E-state index is 12.5. The third-order valence-corrected chi connectivity index (χ3v) is 17.4. The summed E-state index contributed by atoms with van der Waals surface area (Å²) in [5.74, 6) is -0.0516. The van der Waals surface area contributed by atoms with Crippen LogP contribution in [0.4, 0.5) is 0 Å². The third-order valence-electron chi connectivity index (χ3n) is 17.4. The van der Waals surface area contributed by atoms with Crippen molar-refractivity contribution in [2.75, 3.05) is 13.2 Å². The van der Waals surface area contributed by atoms with Gasteiger partial charge in [0.1, 0.15) is 0 Å². The number of aliphatic hydroxyl groups excluding tert-OH is 2. The Kier molecular flexibility index (Phi) is 69.9. The van der Waals surface area contributed by atoms with Crippen molar-refractivity contribution in [2.24, 2.45) is 0 Å². The topological polar surface area (TPSA) is 95.9 Å². The van der Waals surface area contributed by atoms with Gasteiger partial charge < -0.3 is 20.3 Å². The highest BCUT2D eigenvalue weighted by Crippen LogP contribution is 2.19. The molecule has 3 N–H and O–H groups in total. The molecule has 484 valence electrons. The van der Waals surface area contributed by atoms with Crippen molar-refractivity contribution in [3.8, 4) is 0 Å². The summed E-state index contributed by atoms with van der Waals surface area (Å²) in [7, 11) is 0. The second-order valence-electron chi connectivity index (χ2n) is 25.6. The molecule has 0 radical (unpaired) electrons. The maximum absolute atomic E-state index is 12.5. The first-order chi connectivity index (χ1) is 40.5. The maximum Gasteiger partial charge on any atom is 0.305 e. The SMILES string of the molecule is CCC/C=C\C/C=C\CCCCCCCC(=O)OCCCCCCCCCCCCCCCCCCCCCCCCCCCCCCCCCCCCCCCCCC(=O)NC(CO)C(O)/C=C/CCCCCCCCCCCCC. The number of carbonyl (C=O) groups excluding carboxylic acids is 2. The Balaban J connectivity index is 3.29. The molecular formula is C76H145NO5. The summed E-state index contributed by atoms with van der Waals surface area (Å²) in [5, 5.41) is 23.1. The lowest BCUT2D eigenvalue weighted by atomic mass is 10.0. The van der Waals surface area contributed by atoms with Gasteiger partial charge >= 0.3 is 5.97 Å². The molecule has 0 aliphatic heterocycles. The predicted octanol–water partition coefficient (Wildman–Crippen LogP) is 24.3. The zero-order chi connectivity index (χ0) is 59.2. The fourth-order valence-electron chi connectivity index (χ4n) is 11.7. The molecular weight excluding hydrogens is 1010 g/mol. The molecule has 82 heavy (non-hydrogen) atoms. The monoisotopic (exact) mass is 1150 g/mol. The molecule has 0 heterocycles. The molecule has 2 atom stereocenters. The van der Waals surface area contributed by atoms with Crippen molar-refractivity contribution in [2.45, 2.75) is 424 Å². The fraction of sp³-hybridized carbons (Fsp3) is 0.895. The van der Waals surface area contributed by atoms with Crippen molar-refractivity contribution in [3.05, 3.63) is 36.5 Å². The summed E-state index contributed by atoms with van der Waals surface area (Å²) in [4.78, 5) is 24.5. The van der Waals surface area contributed by atoms with Crippen LogP contribution in [0.15, 0.2) is 36.5 Å². The summed E-state index contributed by atoms with van der Waals surface area (Å²) >= 11 is 0. The van der Waals surface area contributed by atoms with Gasteiger partial charge in [-0.25, -0.2) is 0 Å². The predicted molar refractivity (Wildman–Crippen MR) is 361 cm³/mol. The fourth-order valence-corrected chi connectivity index (χ4v) is 11.7. The zero-order valence-corrected chi connectivity index (χ0v) is 55.5. The number of rotatable bonds is 70. The van der Waals surface area contributed by atoms with E-state index in [9.17, 15) is 19.8 Å². The van der Waals surface area contributed by atoms with Gasteiger partial charge in [0.2, 0.25) is 5.91 Å². The molecule has 6 heteroatoms. The standard InChI is InChI=1S/C76H145NO5/c1-3-5-7-9-11-13-15-44-48-52-56-60-64-68-74(79)73(72-78)77-75(80)69-65-61-57-53-49-46-42-40-38-36-34-32-30-28-26-24-22-20-18-17-19-21-23-25-27-29-31-33-35-37-39-41-43-47-51-55-59-63-67-71-82-76(81)70-66-62-58-54-50-45-16-14-12-10-8-6-4-2/h8,10,14,16,64,68,73-74,78-79H,3-7,9,11-13,15,17-63,65-67,69-72H2,1-2H3,(H,77,80)/b10-8-,16-14-,68-64+. The molecule has 0 fully saturated rings. The minimum absolute atomic E-state index is 0.00869. The van der Waals surface area contributed by atoms with E-state index in [2.05, 4.69) is 43.5 Å². The third kappa shape index (κ3) is 67.2. The lowest BCUT2D eigenvalue weighted by Gasteiger charge is -2.20. The van der Waals surface area contributed by atoms with Crippen molar-refractivity contribution in [1.82, 2.24) is 5.32 Å². The van der Waals surface area contributed by atoms with E-state index < -0.39 is 12.1 Å². The van der Waals surface area contributed by atoms with Crippen LogP contribution < -0.4 is 5.32 Å². The molecule has 6 nitrogen and oxygen atoms in total. The van der Waals surface area contributed by atoms with E-state index in [0.29, 0.717) is 19.4 Å². The number of ether oxygens (including phenoxy) is 1. The Morgan fingerprint density at radius 1 is 0.341 bits per heavy atom. The molecule has 0 aliphatic carbocycles. The highest BCUT2D eigenvalue weighted by molar-refractivity contribution is 5.76. The lowest BCUT2D eigenvalue weighted by Crippen LogP contribution is -2.45. The molecule has 0 aromatic rings. The smallest absolute Gasteiger partial charge is 0.305 e. The van der Waals surface area contributed by atoms with Gasteiger partial charge in [-0.15, -0.1) is 0 Å². The van der Waals surface area contributed by atoms with Gasteiger partial charge in [-0.2, -0.15) is 0 Å². The van der Waals surface area contributed by atoms with Crippen LogP contribution in [0.1, 0.15) is 412 Å². The number of hydrogen-bond donors (Lipinski definition) is 3. The van der Waals surface area contributed by atoms with Crippen molar-refractivity contribution >= 4 is 11.9 Å². The van der Waals surface area contributed by atoms with E-state index in [1.807, 2.05) is 6.08 Å². The number of carbonyl (C=O) groups is 2. The van der Waals surface area contributed by atoms with E-state index in [0.717, 1.165) is 51.4 Å². The second kappa shape index (κ2) is 71.6. The van der Waals surface area contributed by atoms with Crippen LogP contribution in [-0.4, -0.2) is 47.4 Å². The second-order valence-corrected chi connectivity index (χ2v) is 25.6. The number of unbranched alkanes of at least 4 members (excludes halogenated alkanes) is 55. The summed E-state index contributed by atoms with van der Waals surface area (Å²) in [5.41, 5.74) is 0. The average molecular weight is 1150 g/mol. The normalized spacial score (nSPS) is 12.7. The highest BCUT2D eigenvalue weighted by Gasteiger charge is 2.18. The lowest BCUT2D eigenvalue weighted by molar-refractivity contribution is -0.143. The Morgan fingerprint density at radius 3 is 0.976 bits per heavy atom. The summed E-state index contributed by atoms with van der Waals surface area (Å²) in [6, 6.07) is -0.622. The molecule has 0 aliphatic rings. The van der Waals surface area contributed by atoms with Crippen molar-refractivity contribution < 1.29 is 24.5 Å². The minimum atomic E-state index is -0.839. The number of hydrogen-bond acceptors (Lipinski definition) is 5. The minimum Gasteiger partial charge on any atom is -0.466 e. The number of amides is 1. The number of aliphatic hydroxyl groups is 2. The quantitative estimate of drug-likeness (QED) is 0.0320. The van der Waals surface area contributed by atoms with Gasteiger partial charge in [0.15, 0.2) is 0 Å². The van der Waals surface area contributed by atoms with Crippen LogP contribution in [0.5, 0.6) is 0 Å². The molecule has 2 unspecified atom stereocenters. The van der Waals surface area contributed by atoms with E-state index in [1.165, 1.54) is 334 Å². The number of esters is 1. The molecule has 0 saturated heterocycles. The van der Waals surface area contributed by atoms with Gasteiger partial charge in [0, 0.05) is 12.8 Å². The highest BCUT2D eigenvalue weighted by atomic mass is 16.5. The number of allylic oxidation sites excluding steroid dienone is 5. The first-order valence-corrected chi connectivity index (χ1v) is 37.3. The van der Waals surface area contributed by atoms with Gasteiger partial charge in [-0.05, 0) is 57.8 Å². The summed E-state index contributed by atoms with van der Waals surface area (Å²) in [6.45, 7) is 4.86. The summed E-state index contributed by atoms with van der Waals surface area (Å²) < 4.78 is 5.48. The first-order valence-electron chi connectivity index (χ1n) is 37.3. The van der Waals surface area contributed by atoms with Crippen LogP contribution in [0.25, 0.3) is 0 Å². The van der Waals surface area contributed by atoms with Crippen LogP contribution >= 0.6 is 0 Å². The number of nitrogens with one attached hydrogen (secondary N) is 1. The van der Waals surface area contributed by atoms with Crippen LogP contribution in [0.2, 0.25) is 0 Å². The molecule has 0 spiro atoms.